The van der Waals surface area contributed by atoms with Crippen molar-refractivity contribution in [3.63, 3.8) is 0 Å². The zero-order valence-corrected chi connectivity index (χ0v) is 11.7. The van der Waals surface area contributed by atoms with Gasteiger partial charge in [-0.15, -0.1) is 0 Å². The maximum absolute atomic E-state index is 13.1. The van der Waals surface area contributed by atoms with Gasteiger partial charge in [0, 0.05) is 6.04 Å². The molecule has 19 heavy (non-hydrogen) atoms. The number of nitrogens with one attached hydrogen (secondary N) is 2. The molecule has 2 atom stereocenters. The van der Waals surface area contributed by atoms with Crippen LogP contribution in [0.3, 0.4) is 0 Å². The highest BCUT2D eigenvalue weighted by atomic mass is 32.2. The average Bonchev–Trinajstić information content (AvgIpc) is 2.39. The van der Waals surface area contributed by atoms with E-state index in [1.54, 1.807) is 0 Å². The van der Waals surface area contributed by atoms with Crippen molar-refractivity contribution in [2.24, 2.45) is 5.92 Å². The van der Waals surface area contributed by atoms with Gasteiger partial charge < -0.3 is 5.32 Å². The highest BCUT2D eigenvalue weighted by Crippen LogP contribution is 2.17. The molecule has 0 amide bonds. The zero-order chi connectivity index (χ0) is 13.9. The summed E-state index contributed by atoms with van der Waals surface area (Å²) in [6.07, 6.45) is 2.05. The van der Waals surface area contributed by atoms with Gasteiger partial charge in [-0.25, -0.2) is 17.5 Å². The molecule has 1 aliphatic heterocycles. The van der Waals surface area contributed by atoms with Crippen LogP contribution in [0.5, 0.6) is 0 Å². The van der Waals surface area contributed by atoms with Crippen LogP contribution in [0.15, 0.2) is 29.2 Å². The second kappa shape index (κ2) is 5.98. The number of halogens is 1. The van der Waals surface area contributed by atoms with E-state index in [4.69, 9.17) is 0 Å². The van der Waals surface area contributed by atoms with Crippen LogP contribution < -0.4 is 10.0 Å². The summed E-state index contributed by atoms with van der Waals surface area (Å²) in [5, 5.41) is 3.26. The number of sulfonamides is 1. The molecular weight excluding hydrogens is 267 g/mol. The fourth-order valence-corrected chi connectivity index (χ4v) is 3.69. The highest BCUT2D eigenvalue weighted by molar-refractivity contribution is 7.89. The fourth-order valence-electron chi connectivity index (χ4n) is 2.35. The molecule has 0 aliphatic carbocycles. The Morgan fingerprint density at radius 1 is 1.47 bits per heavy atom. The van der Waals surface area contributed by atoms with Crippen LogP contribution in [0.1, 0.15) is 19.8 Å². The minimum absolute atomic E-state index is 0.0249. The number of hydrogen-bond acceptors (Lipinski definition) is 3. The van der Waals surface area contributed by atoms with Gasteiger partial charge in [-0.2, -0.15) is 0 Å². The topological polar surface area (TPSA) is 58.2 Å². The highest BCUT2D eigenvalue weighted by Gasteiger charge is 2.25. The standard InChI is InChI=1S/C13H19FN2O2S/c1-10(11-4-3-7-15-9-11)16-19(17,18)13-6-2-5-12(14)8-13/h2,5-6,8,10-11,15-16H,3-4,7,9H2,1H3. The monoisotopic (exact) mass is 286 g/mol. The summed E-state index contributed by atoms with van der Waals surface area (Å²) in [5.74, 6) is -0.271. The lowest BCUT2D eigenvalue weighted by Crippen LogP contribution is -2.44. The Morgan fingerprint density at radius 3 is 2.89 bits per heavy atom. The third-order valence-electron chi connectivity index (χ3n) is 3.49. The lowest BCUT2D eigenvalue weighted by Gasteiger charge is -2.28. The van der Waals surface area contributed by atoms with Gasteiger partial charge in [-0.1, -0.05) is 6.07 Å². The van der Waals surface area contributed by atoms with Crippen molar-refractivity contribution in [2.75, 3.05) is 13.1 Å². The Bertz CT molecular complexity index is 527. The molecule has 1 heterocycles. The summed E-state index contributed by atoms with van der Waals surface area (Å²) in [5.41, 5.74) is 0. The number of hydrogen-bond donors (Lipinski definition) is 2. The molecule has 1 aromatic rings. The molecule has 0 aromatic heterocycles. The van der Waals surface area contributed by atoms with Crippen molar-refractivity contribution in [3.05, 3.63) is 30.1 Å². The molecule has 0 spiro atoms. The van der Waals surface area contributed by atoms with Crippen molar-refractivity contribution in [3.8, 4) is 0 Å². The van der Waals surface area contributed by atoms with Crippen molar-refractivity contribution in [2.45, 2.75) is 30.7 Å². The molecule has 1 saturated heterocycles. The van der Waals surface area contributed by atoms with Crippen molar-refractivity contribution >= 4 is 10.0 Å². The molecule has 4 nitrogen and oxygen atoms in total. The predicted molar refractivity (Wildman–Crippen MR) is 71.8 cm³/mol. The van der Waals surface area contributed by atoms with Crippen molar-refractivity contribution in [1.29, 1.82) is 0 Å². The first-order valence-corrected chi connectivity index (χ1v) is 7.96. The molecule has 0 radical (unpaired) electrons. The van der Waals surface area contributed by atoms with Gasteiger partial charge in [0.05, 0.1) is 4.90 Å². The summed E-state index contributed by atoms with van der Waals surface area (Å²) >= 11 is 0. The first-order valence-electron chi connectivity index (χ1n) is 6.47. The second-order valence-corrected chi connectivity index (χ2v) is 6.69. The SMILES string of the molecule is CC(NS(=O)(=O)c1cccc(F)c1)C1CCCNC1. The van der Waals surface area contributed by atoms with E-state index in [2.05, 4.69) is 10.0 Å². The molecule has 6 heteroatoms. The largest absolute Gasteiger partial charge is 0.316 e. The van der Waals surface area contributed by atoms with Crippen molar-refractivity contribution < 1.29 is 12.8 Å². The van der Waals surface area contributed by atoms with Gasteiger partial charge in [-0.3, -0.25) is 0 Å². The zero-order valence-electron chi connectivity index (χ0n) is 10.9. The van der Waals surface area contributed by atoms with Gasteiger partial charge >= 0.3 is 0 Å². The van der Waals surface area contributed by atoms with Gasteiger partial charge in [0.25, 0.3) is 0 Å². The Kier molecular flexibility index (Phi) is 4.54. The molecule has 1 aliphatic rings. The molecule has 0 bridgehead atoms. The fraction of sp³-hybridized carbons (Fsp3) is 0.538. The van der Waals surface area contributed by atoms with Crippen LogP contribution in [0, 0.1) is 11.7 Å². The summed E-state index contributed by atoms with van der Waals surface area (Å²) in [4.78, 5) is -0.0249. The smallest absolute Gasteiger partial charge is 0.240 e. The third-order valence-corrected chi connectivity index (χ3v) is 5.05. The Labute approximate surface area is 113 Å². The van der Waals surface area contributed by atoms with E-state index in [9.17, 15) is 12.8 Å². The van der Waals surface area contributed by atoms with Gasteiger partial charge in [0.1, 0.15) is 5.82 Å². The average molecular weight is 286 g/mol. The van der Waals surface area contributed by atoms with E-state index in [0.717, 1.165) is 32.0 Å². The van der Waals surface area contributed by atoms with E-state index < -0.39 is 15.8 Å². The summed E-state index contributed by atoms with van der Waals surface area (Å²) in [7, 11) is -3.65. The van der Waals surface area contributed by atoms with Crippen molar-refractivity contribution in [1.82, 2.24) is 10.0 Å². The number of piperidine rings is 1. The van der Waals surface area contributed by atoms with Gasteiger partial charge in [0.2, 0.25) is 10.0 Å². The Morgan fingerprint density at radius 2 is 2.26 bits per heavy atom. The van der Waals surface area contributed by atoms with Crippen LogP contribution in [0.25, 0.3) is 0 Å². The Balaban J connectivity index is 2.08. The van der Waals surface area contributed by atoms with Crippen LogP contribution in [-0.2, 0) is 10.0 Å². The van der Waals surface area contributed by atoms with Crippen LogP contribution in [0.4, 0.5) is 4.39 Å². The maximum Gasteiger partial charge on any atom is 0.240 e. The van der Waals surface area contributed by atoms with E-state index >= 15 is 0 Å². The first kappa shape index (κ1) is 14.4. The molecule has 0 saturated carbocycles. The van der Waals surface area contributed by atoms with E-state index in [1.807, 2.05) is 6.92 Å². The third kappa shape index (κ3) is 3.75. The quantitative estimate of drug-likeness (QED) is 0.881. The normalized spacial score (nSPS) is 22.1. The first-order chi connectivity index (χ1) is 8.99. The molecule has 106 valence electrons. The van der Waals surface area contributed by atoms with Crippen LogP contribution in [-0.4, -0.2) is 27.5 Å². The van der Waals surface area contributed by atoms with Crippen LogP contribution in [0.2, 0.25) is 0 Å². The molecular formula is C13H19FN2O2S. The summed E-state index contributed by atoms with van der Waals surface area (Å²) in [6.45, 7) is 3.65. The minimum atomic E-state index is -3.65. The lowest BCUT2D eigenvalue weighted by atomic mass is 9.94. The molecule has 2 rings (SSSR count). The lowest BCUT2D eigenvalue weighted by molar-refractivity contribution is 0.320. The Hall–Kier alpha value is -0.980. The number of benzene rings is 1. The molecule has 1 fully saturated rings. The van der Waals surface area contributed by atoms with E-state index in [1.165, 1.54) is 18.2 Å². The van der Waals surface area contributed by atoms with Gasteiger partial charge in [0.15, 0.2) is 0 Å². The predicted octanol–water partition coefficient (Wildman–Crippen LogP) is 1.49. The summed E-state index contributed by atoms with van der Waals surface area (Å²) < 4.78 is 40.0. The van der Waals surface area contributed by atoms with Crippen LogP contribution >= 0.6 is 0 Å². The minimum Gasteiger partial charge on any atom is -0.316 e. The number of rotatable bonds is 4. The maximum atomic E-state index is 13.1. The molecule has 2 unspecified atom stereocenters. The summed E-state index contributed by atoms with van der Waals surface area (Å²) in [6, 6.07) is 4.90. The van der Waals surface area contributed by atoms with E-state index in [0.29, 0.717) is 0 Å². The molecule has 1 aromatic carbocycles. The second-order valence-electron chi connectivity index (χ2n) is 4.97. The van der Waals surface area contributed by atoms with Gasteiger partial charge in [-0.05, 0) is 57.0 Å². The molecule has 2 N–H and O–H groups in total. The van der Waals surface area contributed by atoms with E-state index in [-0.39, 0.29) is 16.9 Å².